The van der Waals surface area contributed by atoms with E-state index in [0.29, 0.717) is 12.5 Å². The highest BCUT2D eigenvalue weighted by atomic mass is 19.2. The van der Waals surface area contributed by atoms with Gasteiger partial charge in [-0.15, -0.1) is 0 Å². The second kappa shape index (κ2) is 5.56. The highest BCUT2D eigenvalue weighted by molar-refractivity contribution is 5.64. The van der Waals surface area contributed by atoms with Crippen molar-refractivity contribution in [3.05, 3.63) is 35.1 Å². The smallest absolute Gasteiger partial charge is 0.404 e. The van der Waals surface area contributed by atoms with Gasteiger partial charge in [0.2, 0.25) is 0 Å². The maximum atomic E-state index is 13.2. The molecule has 1 unspecified atom stereocenters. The van der Waals surface area contributed by atoms with Gasteiger partial charge in [-0.25, -0.2) is 18.0 Å². The van der Waals surface area contributed by atoms with Gasteiger partial charge in [0.25, 0.3) is 0 Å². The third kappa shape index (κ3) is 3.97. The molecule has 1 rings (SSSR count). The van der Waals surface area contributed by atoms with Crippen LogP contribution in [0.3, 0.4) is 0 Å². The van der Waals surface area contributed by atoms with E-state index in [-0.39, 0.29) is 18.0 Å². The molecule has 0 aliphatic carbocycles. The van der Waals surface area contributed by atoms with E-state index in [2.05, 4.69) is 5.32 Å². The molecule has 1 atom stereocenters. The lowest BCUT2D eigenvalue weighted by atomic mass is 10.1. The van der Waals surface area contributed by atoms with Crippen LogP contribution >= 0.6 is 0 Å². The zero-order chi connectivity index (χ0) is 13.0. The van der Waals surface area contributed by atoms with Gasteiger partial charge in [0.15, 0.2) is 11.6 Å². The zero-order valence-corrected chi connectivity index (χ0v) is 9.14. The lowest BCUT2D eigenvalue weighted by Gasteiger charge is -2.11. The molecule has 0 radical (unpaired) electrons. The fraction of sp³-hybridized carbons (Fsp3) is 0.364. The Kier molecular flexibility index (Phi) is 4.37. The van der Waals surface area contributed by atoms with Crippen molar-refractivity contribution in [3.63, 3.8) is 0 Å². The molecule has 94 valence electrons. The number of hydrogen-bond donors (Lipinski definition) is 2. The number of hydrogen-bond acceptors (Lipinski definition) is 1. The maximum absolute atomic E-state index is 13.2. The highest BCUT2D eigenvalue weighted by Gasteiger charge is 2.11. The number of carbonyl (C=O) groups is 1. The third-order valence-corrected chi connectivity index (χ3v) is 2.31. The SMILES string of the molecule is CC(CCc1cc(F)c(F)cc1F)NC(=O)O. The van der Waals surface area contributed by atoms with E-state index in [1.807, 2.05) is 0 Å². The molecular weight excluding hydrogens is 235 g/mol. The minimum absolute atomic E-state index is 0.0305. The molecule has 0 saturated carbocycles. The Hall–Kier alpha value is -1.72. The zero-order valence-electron chi connectivity index (χ0n) is 9.14. The van der Waals surface area contributed by atoms with E-state index in [1.54, 1.807) is 6.92 Å². The number of amides is 1. The van der Waals surface area contributed by atoms with E-state index in [0.717, 1.165) is 6.07 Å². The van der Waals surface area contributed by atoms with Crippen LogP contribution in [-0.4, -0.2) is 17.2 Å². The maximum Gasteiger partial charge on any atom is 0.404 e. The van der Waals surface area contributed by atoms with Gasteiger partial charge >= 0.3 is 6.09 Å². The summed E-state index contributed by atoms with van der Waals surface area (Å²) in [5, 5.41) is 10.6. The number of nitrogens with one attached hydrogen (secondary N) is 1. The average molecular weight is 247 g/mol. The summed E-state index contributed by atoms with van der Waals surface area (Å²) in [4.78, 5) is 10.3. The molecule has 0 heterocycles. The van der Waals surface area contributed by atoms with Gasteiger partial charge in [-0.2, -0.15) is 0 Å². The minimum Gasteiger partial charge on any atom is -0.465 e. The largest absolute Gasteiger partial charge is 0.465 e. The Morgan fingerprint density at radius 1 is 1.29 bits per heavy atom. The van der Waals surface area contributed by atoms with Gasteiger partial charge < -0.3 is 10.4 Å². The van der Waals surface area contributed by atoms with Crippen LogP contribution in [0.1, 0.15) is 18.9 Å². The first-order chi connectivity index (χ1) is 7.90. The van der Waals surface area contributed by atoms with Crippen molar-refractivity contribution in [2.75, 3.05) is 0 Å². The van der Waals surface area contributed by atoms with Gasteiger partial charge in [-0.1, -0.05) is 0 Å². The molecule has 0 saturated heterocycles. The van der Waals surface area contributed by atoms with Crippen LogP contribution in [0.4, 0.5) is 18.0 Å². The molecule has 0 spiro atoms. The first-order valence-corrected chi connectivity index (χ1v) is 5.03. The summed E-state index contributed by atoms with van der Waals surface area (Å²) in [6.45, 7) is 1.60. The number of rotatable bonds is 4. The number of aryl methyl sites for hydroxylation is 1. The monoisotopic (exact) mass is 247 g/mol. The summed E-state index contributed by atoms with van der Waals surface area (Å²) >= 11 is 0. The van der Waals surface area contributed by atoms with Crippen LogP contribution in [0.15, 0.2) is 12.1 Å². The number of benzene rings is 1. The molecule has 0 aliphatic heterocycles. The second-order valence-corrected chi connectivity index (χ2v) is 3.75. The number of halogens is 3. The first kappa shape index (κ1) is 13.3. The molecule has 1 aromatic carbocycles. The van der Waals surface area contributed by atoms with Crippen molar-refractivity contribution in [3.8, 4) is 0 Å². The lowest BCUT2D eigenvalue weighted by molar-refractivity contribution is 0.190. The van der Waals surface area contributed by atoms with E-state index in [4.69, 9.17) is 5.11 Å². The molecule has 6 heteroatoms. The molecule has 0 fully saturated rings. The quantitative estimate of drug-likeness (QED) is 0.803. The van der Waals surface area contributed by atoms with Crippen LogP contribution in [0.5, 0.6) is 0 Å². The van der Waals surface area contributed by atoms with E-state index >= 15 is 0 Å². The van der Waals surface area contributed by atoms with Crippen LogP contribution in [0, 0.1) is 17.5 Å². The third-order valence-electron chi connectivity index (χ3n) is 2.31. The minimum atomic E-state index is -1.23. The molecule has 1 amide bonds. The summed E-state index contributed by atoms with van der Waals surface area (Å²) < 4.78 is 38.7. The lowest BCUT2D eigenvalue weighted by Crippen LogP contribution is -2.31. The summed E-state index contributed by atoms with van der Waals surface area (Å²) in [6.07, 6.45) is -0.748. The molecule has 0 aromatic heterocycles. The molecule has 1 aromatic rings. The Balaban J connectivity index is 2.63. The van der Waals surface area contributed by atoms with Crippen LogP contribution < -0.4 is 5.32 Å². The fourth-order valence-electron chi connectivity index (χ4n) is 1.41. The molecule has 2 N–H and O–H groups in total. The van der Waals surface area contributed by atoms with Crippen molar-refractivity contribution in [2.24, 2.45) is 0 Å². The predicted molar refractivity (Wildman–Crippen MR) is 55.3 cm³/mol. The van der Waals surface area contributed by atoms with Gasteiger partial charge in [0.05, 0.1) is 0 Å². The average Bonchev–Trinajstić information content (AvgIpc) is 2.20. The van der Waals surface area contributed by atoms with Crippen LogP contribution in [0.25, 0.3) is 0 Å². The topological polar surface area (TPSA) is 49.3 Å². The standard InChI is InChI=1S/C11H12F3NO2/c1-6(15-11(16)17)2-3-7-4-9(13)10(14)5-8(7)12/h4-6,15H,2-3H2,1H3,(H,16,17). The molecule has 0 bridgehead atoms. The summed E-state index contributed by atoms with van der Waals surface area (Å²) in [7, 11) is 0. The van der Waals surface area contributed by atoms with Crippen molar-refractivity contribution in [1.29, 1.82) is 0 Å². The molecule has 3 nitrogen and oxygen atoms in total. The first-order valence-electron chi connectivity index (χ1n) is 5.03. The van der Waals surface area contributed by atoms with Crippen LogP contribution in [-0.2, 0) is 6.42 Å². The van der Waals surface area contributed by atoms with Crippen molar-refractivity contribution in [1.82, 2.24) is 5.32 Å². The van der Waals surface area contributed by atoms with Gasteiger partial charge in [-0.3, -0.25) is 0 Å². The highest BCUT2D eigenvalue weighted by Crippen LogP contribution is 2.15. The fourth-order valence-corrected chi connectivity index (χ4v) is 1.41. The van der Waals surface area contributed by atoms with Crippen molar-refractivity contribution < 1.29 is 23.1 Å². The Bertz CT molecular complexity index is 423. The molecule has 17 heavy (non-hydrogen) atoms. The normalized spacial score (nSPS) is 12.2. The summed E-state index contributed by atoms with van der Waals surface area (Å²) in [6, 6.07) is 0.887. The second-order valence-electron chi connectivity index (χ2n) is 3.75. The molecular formula is C11H12F3NO2. The summed E-state index contributed by atoms with van der Waals surface area (Å²) in [5.74, 6) is -3.17. The Labute approximate surface area is 96.3 Å². The van der Waals surface area contributed by atoms with Crippen molar-refractivity contribution >= 4 is 6.09 Å². The van der Waals surface area contributed by atoms with E-state index in [1.165, 1.54) is 0 Å². The van der Waals surface area contributed by atoms with Gasteiger partial charge in [0.1, 0.15) is 5.82 Å². The van der Waals surface area contributed by atoms with E-state index in [9.17, 15) is 18.0 Å². The van der Waals surface area contributed by atoms with Crippen molar-refractivity contribution in [2.45, 2.75) is 25.8 Å². The van der Waals surface area contributed by atoms with Gasteiger partial charge in [0, 0.05) is 12.1 Å². The van der Waals surface area contributed by atoms with Gasteiger partial charge in [-0.05, 0) is 31.4 Å². The Morgan fingerprint density at radius 3 is 2.47 bits per heavy atom. The molecule has 0 aliphatic rings. The van der Waals surface area contributed by atoms with E-state index < -0.39 is 23.5 Å². The number of carboxylic acid groups (broad SMARTS) is 1. The summed E-state index contributed by atoms with van der Waals surface area (Å²) in [5.41, 5.74) is 0.0305. The van der Waals surface area contributed by atoms with Crippen LogP contribution in [0.2, 0.25) is 0 Å². The Morgan fingerprint density at radius 2 is 1.88 bits per heavy atom. The predicted octanol–water partition coefficient (Wildman–Crippen LogP) is 2.69.